The summed E-state index contributed by atoms with van der Waals surface area (Å²) in [6, 6.07) is 12.5. The lowest BCUT2D eigenvalue weighted by molar-refractivity contribution is -0.202. The van der Waals surface area contributed by atoms with Gasteiger partial charge in [0.2, 0.25) is 10.0 Å². The zero-order valence-corrected chi connectivity index (χ0v) is 14.4. The maximum atomic E-state index is 13.1. The molecule has 0 aliphatic carbocycles. The minimum atomic E-state index is -4.64. The van der Waals surface area contributed by atoms with Crippen molar-refractivity contribution in [2.75, 3.05) is 0 Å². The van der Waals surface area contributed by atoms with E-state index in [-0.39, 0.29) is 21.9 Å². The van der Waals surface area contributed by atoms with Crippen LogP contribution in [0.3, 0.4) is 0 Å². The molecule has 0 aromatic heterocycles. The predicted molar refractivity (Wildman–Crippen MR) is 89.9 cm³/mol. The van der Waals surface area contributed by atoms with E-state index in [1.54, 1.807) is 37.3 Å². The fraction of sp³-hybridized carbons (Fsp3) is 0.176. The molecule has 1 aliphatic heterocycles. The Bertz CT molecular complexity index is 970. The largest absolute Gasteiger partial charge is 0.458 e. The van der Waals surface area contributed by atoms with Gasteiger partial charge in [0.05, 0.1) is 10.6 Å². The van der Waals surface area contributed by atoms with Crippen LogP contribution in [0.25, 0.3) is 11.5 Å². The van der Waals surface area contributed by atoms with Gasteiger partial charge in [-0.3, -0.25) is 0 Å². The van der Waals surface area contributed by atoms with Crippen molar-refractivity contribution < 1.29 is 26.3 Å². The lowest BCUT2D eigenvalue weighted by Gasteiger charge is -2.16. The molecule has 5 nitrogen and oxygen atoms in total. The maximum absolute atomic E-state index is 13.1. The first kappa shape index (κ1) is 18.3. The van der Waals surface area contributed by atoms with Crippen molar-refractivity contribution in [3.05, 3.63) is 65.2 Å². The number of rotatable bonds is 3. The van der Waals surface area contributed by atoms with Crippen LogP contribution >= 0.6 is 0 Å². The molecule has 0 saturated carbocycles. The van der Waals surface area contributed by atoms with Crippen LogP contribution in [0.4, 0.5) is 13.2 Å². The van der Waals surface area contributed by atoms with Gasteiger partial charge >= 0.3 is 6.18 Å². The Morgan fingerprint density at radius 2 is 1.73 bits per heavy atom. The highest BCUT2D eigenvalue weighted by Gasteiger charge is 2.47. The predicted octanol–water partition coefficient (Wildman–Crippen LogP) is 2.98. The standard InChI is InChI=1S/C17H15F3N2O3S/c1-10-7-8-12(9-13(10)26(21,23)24)15-14(11-5-3-2-4-6-11)22-16(25-15)17(18,19)20/h2-9,16,22H,1H3,(H2,21,23,24). The Kier molecular flexibility index (Phi) is 4.45. The van der Waals surface area contributed by atoms with E-state index >= 15 is 0 Å². The highest BCUT2D eigenvalue weighted by molar-refractivity contribution is 7.89. The van der Waals surface area contributed by atoms with E-state index in [1.165, 1.54) is 18.2 Å². The number of ether oxygens (including phenoxy) is 1. The van der Waals surface area contributed by atoms with Crippen LogP contribution in [-0.2, 0) is 14.8 Å². The normalized spacial score (nSPS) is 17.8. The van der Waals surface area contributed by atoms with Crippen LogP contribution in [-0.4, -0.2) is 20.8 Å². The van der Waals surface area contributed by atoms with Gasteiger partial charge in [-0.25, -0.2) is 13.6 Å². The van der Waals surface area contributed by atoms with E-state index in [9.17, 15) is 21.6 Å². The lowest BCUT2D eigenvalue weighted by Crippen LogP contribution is -2.38. The summed E-state index contributed by atoms with van der Waals surface area (Å²) in [6.45, 7) is 1.54. The molecule has 1 atom stereocenters. The molecule has 138 valence electrons. The van der Waals surface area contributed by atoms with Crippen molar-refractivity contribution in [1.82, 2.24) is 5.32 Å². The summed E-state index contributed by atoms with van der Waals surface area (Å²) < 4.78 is 68.0. The molecule has 3 rings (SSSR count). The summed E-state index contributed by atoms with van der Waals surface area (Å²) >= 11 is 0. The number of benzene rings is 2. The molecular weight excluding hydrogens is 369 g/mol. The van der Waals surface area contributed by atoms with Crippen molar-refractivity contribution in [2.45, 2.75) is 24.2 Å². The molecule has 9 heteroatoms. The summed E-state index contributed by atoms with van der Waals surface area (Å²) in [5, 5.41) is 7.51. The third-order valence-corrected chi connectivity index (χ3v) is 4.91. The summed E-state index contributed by atoms with van der Waals surface area (Å²) in [6.07, 6.45) is -6.87. The minimum Gasteiger partial charge on any atom is -0.458 e. The number of alkyl halides is 3. The van der Waals surface area contributed by atoms with Crippen molar-refractivity contribution in [2.24, 2.45) is 5.14 Å². The Morgan fingerprint density at radius 3 is 2.31 bits per heavy atom. The van der Waals surface area contributed by atoms with Gasteiger partial charge in [-0.05, 0) is 18.6 Å². The van der Waals surface area contributed by atoms with Crippen LogP contribution in [0.5, 0.6) is 0 Å². The summed E-state index contributed by atoms with van der Waals surface area (Å²) in [7, 11) is -4.03. The lowest BCUT2D eigenvalue weighted by atomic mass is 10.1. The first-order valence-electron chi connectivity index (χ1n) is 7.51. The van der Waals surface area contributed by atoms with Crippen molar-refractivity contribution in [3.63, 3.8) is 0 Å². The van der Waals surface area contributed by atoms with Gasteiger partial charge in [-0.1, -0.05) is 42.5 Å². The first-order chi connectivity index (χ1) is 12.1. The fourth-order valence-corrected chi connectivity index (χ4v) is 3.44. The maximum Gasteiger partial charge on any atom is 0.445 e. The quantitative estimate of drug-likeness (QED) is 0.853. The molecule has 0 spiro atoms. The zero-order valence-electron chi connectivity index (χ0n) is 13.5. The van der Waals surface area contributed by atoms with Crippen molar-refractivity contribution in [3.8, 4) is 0 Å². The summed E-state index contributed by atoms with van der Waals surface area (Å²) in [5.41, 5.74) is 1.17. The van der Waals surface area contributed by atoms with Gasteiger partial charge in [-0.2, -0.15) is 13.2 Å². The van der Waals surface area contributed by atoms with E-state index in [1.807, 2.05) is 0 Å². The van der Waals surface area contributed by atoms with E-state index in [2.05, 4.69) is 5.32 Å². The molecule has 1 heterocycles. The molecule has 1 unspecified atom stereocenters. The highest BCUT2D eigenvalue weighted by Crippen LogP contribution is 2.38. The Labute approximate surface area is 148 Å². The number of nitrogens with one attached hydrogen (secondary N) is 1. The van der Waals surface area contributed by atoms with Gasteiger partial charge in [0.25, 0.3) is 6.23 Å². The second-order valence-corrected chi connectivity index (χ2v) is 7.31. The fourth-order valence-electron chi connectivity index (χ4n) is 2.63. The highest BCUT2D eigenvalue weighted by atomic mass is 32.2. The second-order valence-electron chi connectivity index (χ2n) is 5.78. The van der Waals surface area contributed by atoms with Crippen LogP contribution in [0.2, 0.25) is 0 Å². The second kappa shape index (κ2) is 6.33. The first-order valence-corrected chi connectivity index (χ1v) is 9.05. The minimum absolute atomic E-state index is 0.0941. The molecule has 0 amide bonds. The number of aryl methyl sites for hydroxylation is 1. The summed E-state index contributed by atoms with van der Waals surface area (Å²) in [5.74, 6) is -0.0941. The smallest absolute Gasteiger partial charge is 0.445 e. The van der Waals surface area contributed by atoms with E-state index in [4.69, 9.17) is 9.88 Å². The number of primary sulfonamides is 1. The van der Waals surface area contributed by atoms with Gasteiger partial charge in [-0.15, -0.1) is 0 Å². The van der Waals surface area contributed by atoms with Crippen molar-refractivity contribution in [1.29, 1.82) is 0 Å². The monoisotopic (exact) mass is 384 g/mol. The average Bonchev–Trinajstić information content (AvgIpc) is 3.00. The van der Waals surface area contributed by atoms with E-state index in [0.717, 1.165) is 0 Å². The Morgan fingerprint density at radius 1 is 1.08 bits per heavy atom. The number of sulfonamides is 1. The Balaban J connectivity index is 2.16. The van der Waals surface area contributed by atoms with Gasteiger partial charge < -0.3 is 10.1 Å². The molecule has 26 heavy (non-hydrogen) atoms. The molecule has 2 aromatic rings. The molecule has 3 N–H and O–H groups in total. The molecule has 0 bridgehead atoms. The van der Waals surface area contributed by atoms with Crippen LogP contribution in [0, 0.1) is 6.92 Å². The molecule has 2 aromatic carbocycles. The van der Waals surface area contributed by atoms with Crippen LogP contribution < -0.4 is 10.5 Å². The van der Waals surface area contributed by atoms with Crippen LogP contribution in [0.15, 0.2) is 53.4 Å². The molecule has 0 radical (unpaired) electrons. The van der Waals surface area contributed by atoms with Gasteiger partial charge in [0.15, 0.2) is 5.76 Å². The topological polar surface area (TPSA) is 81.4 Å². The number of hydrogen-bond donors (Lipinski definition) is 2. The third kappa shape index (κ3) is 3.54. The SMILES string of the molecule is Cc1ccc(C2=C(c3ccccc3)NC(C(F)(F)F)O2)cc1S(N)(=O)=O. The Hall–Kier alpha value is -2.52. The molecule has 0 saturated heterocycles. The van der Waals surface area contributed by atoms with Crippen molar-refractivity contribution >= 4 is 21.5 Å². The number of halogens is 3. The molecule has 0 fully saturated rings. The van der Waals surface area contributed by atoms with E-state index in [0.29, 0.717) is 11.1 Å². The summed E-state index contributed by atoms with van der Waals surface area (Å²) in [4.78, 5) is -0.172. The molecular formula is C17H15F3N2O3S. The number of hydrogen-bond acceptors (Lipinski definition) is 4. The van der Waals surface area contributed by atoms with Crippen LogP contribution in [0.1, 0.15) is 16.7 Å². The van der Waals surface area contributed by atoms with Gasteiger partial charge in [0.1, 0.15) is 0 Å². The average molecular weight is 384 g/mol. The number of nitrogens with two attached hydrogens (primary N) is 1. The third-order valence-electron chi connectivity index (χ3n) is 3.85. The van der Waals surface area contributed by atoms with E-state index < -0.39 is 22.4 Å². The molecule has 1 aliphatic rings. The zero-order chi connectivity index (χ0) is 19.1. The van der Waals surface area contributed by atoms with Gasteiger partial charge in [0, 0.05) is 11.1 Å².